The van der Waals surface area contributed by atoms with Crippen LogP contribution >= 0.6 is 15.9 Å². The number of imidazole rings is 1. The highest BCUT2D eigenvalue weighted by molar-refractivity contribution is 9.10. The number of fused-ring (bicyclic) bond motifs is 3. The number of carbonyl (C=O) groups excluding carboxylic acids is 2. The number of benzene rings is 2. The summed E-state index contributed by atoms with van der Waals surface area (Å²) in [4.78, 5) is 35.8. The van der Waals surface area contributed by atoms with E-state index < -0.39 is 29.4 Å². The SMILES string of the molecule is COC(=O)N[C@@](C)(C(=O)N1CC2(C[C@H]1c1ncc(-c3ccc4c(c3)C(F)(F)c3cc(Br)ccc3-4)[nH]1)OCCO2)C(C)C. The van der Waals surface area contributed by atoms with Gasteiger partial charge in [0, 0.05) is 27.6 Å². The lowest BCUT2D eigenvalue weighted by atomic mass is 9.86. The molecule has 9 nitrogen and oxygen atoms in total. The number of carbonyl (C=O) groups is 2. The maximum atomic E-state index is 15.5. The third-order valence-corrected chi connectivity index (χ3v) is 9.20. The first-order chi connectivity index (χ1) is 19.9. The Morgan fingerprint density at radius 1 is 1.17 bits per heavy atom. The van der Waals surface area contributed by atoms with Gasteiger partial charge in [0.1, 0.15) is 11.4 Å². The summed E-state index contributed by atoms with van der Waals surface area (Å²) in [5.74, 6) is -4.33. The van der Waals surface area contributed by atoms with Crippen LogP contribution in [-0.2, 0) is 24.9 Å². The number of rotatable bonds is 5. The maximum absolute atomic E-state index is 15.5. The molecule has 0 bridgehead atoms. The standard InChI is InChI=1S/C30H31BrF2N4O5/c1-16(2)28(3,36-27(39)40-4)26(38)37-15-29(41-9-10-42-29)13-24(37)25-34-14-23(35-25)17-5-7-19-20-8-6-18(31)12-22(20)30(32,33)21(19)11-17/h5-8,11-12,14,16,24H,9-10,13,15H2,1-4H3,(H,34,35)(H,36,39)/t24-,28+/m0/s1. The van der Waals surface area contributed by atoms with E-state index >= 15 is 8.78 Å². The van der Waals surface area contributed by atoms with Crippen LogP contribution in [0.15, 0.2) is 47.1 Å². The lowest BCUT2D eigenvalue weighted by molar-refractivity contribution is -0.156. The van der Waals surface area contributed by atoms with Crippen LogP contribution in [0.25, 0.3) is 22.4 Å². The molecule has 1 aromatic heterocycles. The normalized spacial score (nSPS) is 21.3. The monoisotopic (exact) mass is 644 g/mol. The Balaban J connectivity index is 1.34. The van der Waals surface area contributed by atoms with E-state index in [0.29, 0.717) is 52.3 Å². The molecule has 42 heavy (non-hydrogen) atoms. The fourth-order valence-electron chi connectivity index (χ4n) is 6.02. The van der Waals surface area contributed by atoms with Crippen molar-refractivity contribution in [3.05, 3.63) is 64.0 Å². The summed E-state index contributed by atoms with van der Waals surface area (Å²) >= 11 is 3.30. The molecule has 1 aliphatic carbocycles. The van der Waals surface area contributed by atoms with E-state index in [1.165, 1.54) is 19.2 Å². The molecule has 12 heteroatoms. The second-order valence-corrected chi connectivity index (χ2v) is 12.4. The van der Waals surface area contributed by atoms with Gasteiger partial charge in [0.2, 0.25) is 5.91 Å². The topological polar surface area (TPSA) is 106 Å². The van der Waals surface area contributed by atoms with E-state index in [-0.39, 0.29) is 29.5 Å². The van der Waals surface area contributed by atoms with E-state index in [4.69, 9.17) is 14.2 Å². The molecule has 2 aliphatic heterocycles. The Bertz CT molecular complexity index is 1570. The largest absolute Gasteiger partial charge is 0.453 e. The summed E-state index contributed by atoms with van der Waals surface area (Å²) in [7, 11) is 1.24. The van der Waals surface area contributed by atoms with Gasteiger partial charge in [-0.2, -0.15) is 8.78 Å². The van der Waals surface area contributed by atoms with Crippen molar-refractivity contribution in [3.8, 4) is 22.4 Å². The molecule has 3 aromatic rings. The summed E-state index contributed by atoms with van der Waals surface area (Å²) in [6.45, 7) is 6.25. The fourth-order valence-corrected chi connectivity index (χ4v) is 6.39. The Morgan fingerprint density at radius 2 is 1.83 bits per heavy atom. The molecule has 1 spiro atoms. The number of hydrogen-bond donors (Lipinski definition) is 2. The number of aromatic amines is 1. The van der Waals surface area contributed by atoms with Gasteiger partial charge in [0.05, 0.1) is 44.8 Å². The number of likely N-dealkylation sites (tertiary alicyclic amines) is 1. The minimum Gasteiger partial charge on any atom is -0.453 e. The van der Waals surface area contributed by atoms with E-state index in [0.717, 1.165) is 0 Å². The highest BCUT2D eigenvalue weighted by Crippen LogP contribution is 2.52. The van der Waals surface area contributed by atoms with Crippen LogP contribution in [0.1, 0.15) is 50.2 Å². The number of amides is 2. The molecule has 6 rings (SSSR count). The maximum Gasteiger partial charge on any atom is 0.407 e. The highest BCUT2D eigenvalue weighted by Gasteiger charge is 2.55. The zero-order chi connectivity index (χ0) is 30.0. The number of nitrogens with zero attached hydrogens (tertiary/aromatic N) is 2. The van der Waals surface area contributed by atoms with Crippen molar-refractivity contribution in [1.29, 1.82) is 0 Å². The molecule has 2 N–H and O–H groups in total. The Morgan fingerprint density at radius 3 is 2.50 bits per heavy atom. The van der Waals surface area contributed by atoms with Crippen LogP contribution in [0.5, 0.6) is 0 Å². The number of hydrogen-bond acceptors (Lipinski definition) is 6. The molecule has 3 aliphatic rings. The van der Waals surface area contributed by atoms with Gasteiger partial charge < -0.3 is 29.4 Å². The first kappa shape index (κ1) is 28.8. The second kappa shape index (κ2) is 10.1. The van der Waals surface area contributed by atoms with Crippen LogP contribution in [0.4, 0.5) is 13.6 Å². The second-order valence-electron chi connectivity index (χ2n) is 11.4. The summed E-state index contributed by atoms with van der Waals surface area (Å²) in [6.07, 6.45) is 1.16. The number of ether oxygens (including phenoxy) is 3. The minimum absolute atomic E-state index is 0.0370. The van der Waals surface area contributed by atoms with Gasteiger partial charge in [0.25, 0.3) is 5.92 Å². The molecule has 2 saturated heterocycles. The number of halogens is 3. The van der Waals surface area contributed by atoms with Gasteiger partial charge in [-0.3, -0.25) is 4.79 Å². The zero-order valence-corrected chi connectivity index (χ0v) is 25.2. The summed E-state index contributed by atoms with van der Waals surface area (Å²) < 4.78 is 48.3. The van der Waals surface area contributed by atoms with Crippen molar-refractivity contribution in [2.75, 3.05) is 26.9 Å². The molecule has 2 atom stereocenters. The molecule has 2 amide bonds. The van der Waals surface area contributed by atoms with Gasteiger partial charge in [-0.25, -0.2) is 9.78 Å². The average Bonchev–Trinajstić information content (AvgIpc) is 3.75. The predicted octanol–water partition coefficient (Wildman–Crippen LogP) is 5.75. The van der Waals surface area contributed by atoms with Gasteiger partial charge in [-0.15, -0.1) is 0 Å². The first-order valence-corrected chi connectivity index (χ1v) is 14.5. The third kappa shape index (κ3) is 4.51. The van der Waals surface area contributed by atoms with Crippen LogP contribution in [0.3, 0.4) is 0 Å². The molecule has 0 unspecified atom stereocenters. The van der Waals surface area contributed by atoms with Crippen molar-refractivity contribution in [1.82, 2.24) is 20.2 Å². The molecule has 0 saturated carbocycles. The third-order valence-electron chi connectivity index (χ3n) is 8.70. The number of H-pyrrole nitrogens is 1. The molecular weight excluding hydrogens is 614 g/mol. The van der Waals surface area contributed by atoms with Crippen LogP contribution in [-0.4, -0.2) is 65.1 Å². The van der Waals surface area contributed by atoms with Gasteiger partial charge in [-0.05, 0) is 42.2 Å². The average molecular weight is 646 g/mol. The zero-order valence-electron chi connectivity index (χ0n) is 23.6. The Labute approximate surface area is 250 Å². The molecule has 0 radical (unpaired) electrons. The summed E-state index contributed by atoms with van der Waals surface area (Å²) in [5.41, 5.74) is 0.660. The van der Waals surface area contributed by atoms with E-state index in [9.17, 15) is 9.59 Å². The molecule has 2 fully saturated rings. The Kier molecular flexibility index (Phi) is 6.94. The first-order valence-electron chi connectivity index (χ1n) is 13.7. The smallest absolute Gasteiger partial charge is 0.407 e. The van der Waals surface area contributed by atoms with Crippen molar-refractivity contribution in [2.24, 2.45) is 5.92 Å². The van der Waals surface area contributed by atoms with E-state index in [1.54, 1.807) is 42.3 Å². The summed E-state index contributed by atoms with van der Waals surface area (Å²) in [6, 6.07) is 9.29. The van der Waals surface area contributed by atoms with E-state index in [1.807, 2.05) is 13.8 Å². The summed E-state index contributed by atoms with van der Waals surface area (Å²) in [5, 5.41) is 2.71. The van der Waals surface area contributed by atoms with Crippen LogP contribution in [0.2, 0.25) is 0 Å². The number of aromatic nitrogens is 2. The van der Waals surface area contributed by atoms with Crippen LogP contribution < -0.4 is 5.32 Å². The highest BCUT2D eigenvalue weighted by atomic mass is 79.9. The van der Waals surface area contributed by atoms with E-state index in [2.05, 4.69) is 31.2 Å². The molecular formula is C30H31BrF2N4O5. The number of alkyl halides is 2. The van der Waals surface area contributed by atoms with Crippen molar-refractivity contribution in [3.63, 3.8) is 0 Å². The van der Waals surface area contributed by atoms with Crippen molar-refractivity contribution in [2.45, 2.75) is 50.5 Å². The predicted molar refractivity (Wildman–Crippen MR) is 153 cm³/mol. The van der Waals surface area contributed by atoms with Gasteiger partial charge >= 0.3 is 6.09 Å². The van der Waals surface area contributed by atoms with Crippen LogP contribution in [0, 0.1) is 5.92 Å². The molecule has 3 heterocycles. The van der Waals surface area contributed by atoms with Gasteiger partial charge in [-0.1, -0.05) is 48.0 Å². The number of nitrogens with one attached hydrogen (secondary N) is 2. The number of alkyl carbamates (subject to hydrolysis) is 1. The quantitative estimate of drug-likeness (QED) is 0.367. The minimum atomic E-state index is -3.15. The van der Waals surface area contributed by atoms with Crippen molar-refractivity contribution < 1.29 is 32.6 Å². The lowest BCUT2D eigenvalue weighted by Crippen LogP contribution is -2.61. The lowest BCUT2D eigenvalue weighted by Gasteiger charge is -2.38. The molecule has 222 valence electrons. The Hall–Kier alpha value is -3.35. The molecule has 2 aromatic carbocycles. The number of methoxy groups -OCH3 is 1. The van der Waals surface area contributed by atoms with Gasteiger partial charge in [0.15, 0.2) is 5.79 Å². The fraction of sp³-hybridized carbons (Fsp3) is 0.433. The van der Waals surface area contributed by atoms with Crippen molar-refractivity contribution >= 4 is 27.9 Å².